The van der Waals surface area contributed by atoms with E-state index in [2.05, 4.69) is 13.8 Å². The van der Waals surface area contributed by atoms with Crippen molar-refractivity contribution in [3.8, 4) is 0 Å². The number of esters is 2. The number of ether oxygens (including phenoxy) is 3. The van der Waals surface area contributed by atoms with Crippen molar-refractivity contribution in [1.29, 1.82) is 0 Å². The fourth-order valence-electron chi connectivity index (χ4n) is 3.46. The van der Waals surface area contributed by atoms with Gasteiger partial charge in [-0.15, -0.1) is 0 Å². The third-order valence-corrected chi connectivity index (χ3v) is 4.54. The summed E-state index contributed by atoms with van der Waals surface area (Å²) in [4.78, 5) is 23.6. The summed E-state index contributed by atoms with van der Waals surface area (Å²) in [6.07, 6.45) is 7.92. The largest absolute Gasteiger partial charge is 0.393 e. The SMILES string of the molecule is COC(CCCCCCCC1(CC(C)C)CC(=O)OC1=O)OC. The van der Waals surface area contributed by atoms with Crippen molar-refractivity contribution >= 4 is 11.9 Å². The molecule has 0 aromatic carbocycles. The molecule has 1 aliphatic heterocycles. The summed E-state index contributed by atoms with van der Waals surface area (Å²) in [5.41, 5.74) is -0.567. The number of carbonyl (C=O) groups is 2. The zero-order valence-electron chi connectivity index (χ0n) is 15.1. The molecule has 0 radical (unpaired) electrons. The van der Waals surface area contributed by atoms with Crippen LogP contribution >= 0.6 is 0 Å². The van der Waals surface area contributed by atoms with Gasteiger partial charge in [-0.2, -0.15) is 0 Å². The van der Waals surface area contributed by atoms with E-state index in [0.29, 0.717) is 5.92 Å². The maximum absolute atomic E-state index is 12.1. The third-order valence-electron chi connectivity index (χ3n) is 4.54. The molecule has 1 saturated heterocycles. The van der Waals surface area contributed by atoms with Crippen molar-refractivity contribution < 1.29 is 23.8 Å². The van der Waals surface area contributed by atoms with Crippen LogP contribution in [0.15, 0.2) is 0 Å². The van der Waals surface area contributed by atoms with Gasteiger partial charge in [0.05, 0.1) is 11.8 Å². The van der Waals surface area contributed by atoms with Crippen molar-refractivity contribution in [2.45, 2.75) is 77.9 Å². The van der Waals surface area contributed by atoms with Crippen molar-refractivity contribution in [1.82, 2.24) is 0 Å². The quantitative estimate of drug-likeness (QED) is 0.236. The average Bonchev–Trinajstić information content (AvgIpc) is 2.75. The van der Waals surface area contributed by atoms with E-state index >= 15 is 0 Å². The van der Waals surface area contributed by atoms with E-state index < -0.39 is 5.41 Å². The highest BCUT2D eigenvalue weighted by Gasteiger charge is 2.48. The number of carbonyl (C=O) groups excluding carboxylic acids is 2. The van der Waals surface area contributed by atoms with E-state index in [1.165, 1.54) is 0 Å². The highest BCUT2D eigenvalue weighted by atomic mass is 16.7. The Hall–Kier alpha value is -0.940. The second kappa shape index (κ2) is 10.0. The second-order valence-electron chi connectivity index (χ2n) is 7.02. The van der Waals surface area contributed by atoms with Crippen LogP contribution in [-0.2, 0) is 23.8 Å². The van der Waals surface area contributed by atoms with Crippen molar-refractivity contribution in [3.63, 3.8) is 0 Å². The van der Waals surface area contributed by atoms with E-state index in [9.17, 15) is 9.59 Å². The van der Waals surface area contributed by atoms with Gasteiger partial charge in [-0.05, 0) is 31.6 Å². The van der Waals surface area contributed by atoms with Crippen LogP contribution < -0.4 is 0 Å². The van der Waals surface area contributed by atoms with Gasteiger partial charge in [0.25, 0.3) is 0 Å². The first kappa shape index (κ1) is 20.1. The second-order valence-corrected chi connectivity index (χ2v) is 7.02. The predicted octanol–water partition coefficient (Wildman–Crippen LogP) is 3.84. The van der Waals surface area contributed by atoms with Crippen LogP contribution in [0.25, 0.3) is 0 Å². The Bertz CT molecular complexity index is 376. The highest BCUT2D eigenvalue weighted by molar-refractivity contribution is 5.97. The van der Waals surface area contributed by atoms with E-state index in [0.717, 1.165) is 51.4 Å². The van der Waals surface area contributed by atoms with Gasteiger partial charge < -0.3 is 14.2 Å². The van der Waals surface area contributed by atoms with Crippen LogP contribution in [-0.4, -0.2) is 32.4 Å². The highest BCUT2D eigenvalue weighted by Crippen LogP contribution is 2.41. The Balaban J connectivity index is 2.26. The van der Waals surface area contributed by atoms with E-state index in [1.54, 1.807) is 14.2 Å². The summed E-state index contributed by atoms with van der Waals surface area (Å²) >= 11 is 0. The molecule has 5 nitrogen and oxygen atoms in total. The normalized spacial score (nSPS) is 21.5. The Labute approximate surface area is 140 Å². The first-order valence-corrected chi connectivity index (χ1v) is 8.74. The molecule has 0 aliphatic carbocycles. The lowest BCUT2D eigenvalue weighted by Gasteiger charge is -2.25. The van der Waals surface area contributed by atoms with Gasteiger partial charge >= 0.3 is 11.9 Å². The molecule has 0 saturated carbocycles. The van der Waals surface area contributed by atoms with Crippen molar-refractivity contribution in [3.05, 3.63) is 0 Å². The van der Waals surface area contributed by atoms with Crippen LogP contribution in [0.3, 0.4) is 0 Å². The standard InChI is InChI=1S/C18H32O5/c1-14(2)12-18(13-15(19)23-17(18)20)11-9-7-5-6-8-10-16(21-3)22-4/h14,16H,5-13H2,1-4H3. The number of cyclic esters (lactones) is 2. The fourth-order valence-corrected chi connectivity index (χ4v) is 3.46. The van der Waals surface area contributed by atoms with Gasteiger partial charge in [0.1, 0.15) is 0 Å². The lowest BCUT2D eigenvalue weighted by molar-refractivity contribution is -0.155. The van der Waals surface area contributed by atoms with Gasteiger partial charge in [-0.25, -0.2) is 0 Å². The molecule has 1 aliphatic rings. The van der Waals surface area contributed by atoms with Gasteiger partial charge in [-0.3, -0.25) is 9.59 Å². The molecule has 134 valence electrons. The maximum Gasteiger partial charge on any atom is 0.320 e. The molecule has 0 spiro atoms. The molecule has 23 heavy (non-hydrogen) atoms. The summed E-state index contributed by atoms with van der Waals surface area (Å²) < 4.78 is 15.1. The van der Waals surface area contributed by atoms with Gasteiger partial charge in [0, 0.05) is 14.2 Å². The van der Waals surface area contributed by atoms with E-state index in [4.69, 9.17) is 14.2 Å². The Morgan fingerprint density at radius 3 is 2.17 bits per heavy atom. The predicted molar refractivity (Wildman–Crippen MR) is 87.7 cm³/mol. The molecule has 1 unspecified atom stereocenters. The lowest BCUT2D eigenvalue weighted by atomic mass is 9.75. The number of hydrogen-bond acceptors (Lipinski definition) is 5. The number of unbranched alkanes of at least 4 members (excludes halogenated alkanes) is 4. The van der Waals surface area contributed by atoms with Crippen molar-refractivity contribution in [2.24, 2.45) is 11.3 Å². The zero-order valence-corrected chi connectivity index (χ0v) is 15.1. The summed E-state index contributed by atoms with van der Waals surface area (Å²) in [6, 6.07) is 0. The van der Waals surface area contributed by atoms with Crippen LogP contribution in [0.2, 0.25) is 0 Å². The van der Waals surface area contributed by atoms with Crippen LogP contribution in [0, 0.1) is 11.3 Å². The zero-order chi connectivity index (χ0) is 17.3. The van der Waals surface area contributed by atoms with Gasteiger partial charge in [0.15, 0.2) is 6.29 Å². The summed E-state index contributed by atoms with van der Waals surface area (Å²) in [7, 11) is 3.31. The molecule has 5 heteroatoms. The van der Waals surface area contributed by atoms with E-state index in [1.807, 2.05) is 0 Å². The van der Waals surface area contributed by atoms with Crippen molar-refractivity contribution in [2.75, 3.05) is 14.2 Å². The van der Waals surface area contributed by atoms with Crippen LogP contribution in [0.1, 0.15) is 71.6 Å². The smallest absolute Gasteiger partial charge is 0.320 e. The fraction of sp³-hybridized carbons (Fsp3) is 0.889. The molecule has 0 aromatic rings. The average molecular weight is 328 g/mol. The van der Waals surface area contributed by atoms with Crippen LogP contribution in [0.4, 0.5) is 0 Å². The first-order chi connectivity index (χ1) is 10.9. The number of rotatable bonds is 12. The molecule has 0 amide bonds. The monoisotopic (exact) mass is 328 g/mol. The van der Waals surface area contributed by atoms with Crippen LogP contribution in [0.5, 0.6) is 0 Å². The Morgan fingerprint density at radius 1 is 1.04 bits per heavy atom. The number of hydrogen-bond donors (Lipinski definition) is 0. The summed E-state index contributed by atoms with van der Waals surface area (Å²) in [6.45, 7) is 4.17. The maximum atomic E-state index is 12.1. The van der Waals surface area contributed by atoms with E-state index in [-0.39, 0.29) is 24.6 Å². The number of methoxy groups -OCH3 is 2. The Kier molecular flexibility index (Phi) is 8.77. The minimum atomic E-state index is -0.567. The molecule has 0 N–H and O–H groups in total. The summed E-state index contributed by atoms with van der Waals surface area (Å²) in [5, 5.41) is 0. The van der Waals surface area contributed by atoms with Gasteiger partial charge in [-0.1, -0.05) is 39.5 Å². The topological polar surface area (TPSA) is 61.8 Å². The Morgan fingerprint density at radius 2 is 1.65 bits per heavy atom. The first-order valence-electron chi connectivity index (χ1n) is 8.74. The molecule has 0 aromatic heterocycles. The molecule has 1 fully saturated rings. The minimum absolute atomic E-state index is 0.108. The molecule has 0 bridgehead atoms. The molecular weight excluding hydrogens is 296 g/mol. The minimum Gasteiger partial charge on any atom is -0.393 e. The summed E-state index contributed by atoms with van der Waals surface area (Å²) in [5.74, 6) is -0.284. The third kappa shape index (κ3) is 6.60. The van der Waals surface area contributed by atoms with Gasteiger partial charge in [0.2, 0.25) is 0 Å². The lowest BCUT2D eigenvalue weighted by Crippen LogP contribution is -2.28. The molecule has 1 rings (SSSR count). The molecule has 1 atom stereocenters. The molecular formula is C18H32O5. The molecule has 1 heterocycles.